The number of hydrogen-bond donors (Lipinski definition) is 1. The van der Waals surface area contributed by atoms with E-state index in [0.29, 0.717) is 46.9 Å². The second kappa shape index (κ2) is 11.3. The highest BCUT2D eigenvalue weighted by atomic mass is 35.5. The lowest BCUT2D eigenvalue weighted by Gasteiger charge is -2.10. The van der Waals surface area contributed by atoms with Crippen LogP contribution in [0.3, 0.4) is 0 Å². The fourth-order valence-electron chi connectivity index (χ4n) is 4.41. The van der Waals surface area contributed by atoms with Gasteiger partial charge in [-0.1, -0.05) is 41.9 Å². The lowest BCUT2D eigenvalue weighted by molar-refractivity contribution is -0.137. The van der Waals surface area contributed by atoms with E-state index in [-0.39, 0.29) is 12.3 Å². The van der Waals surface area contributed by atoms with Crippen molar-refractivity contribution in [3.8, 4) is 22.4 Å². The van der Waals surface area contributed by atoms with Crippen LogP contribution in [0.5, 0.6) is 0 Å². The molecule has 3 heterocycles. The molecule has 0 saturated heterocycles. The Bertz CT molecular complexity index is 1600. The number of amides is 1. The number of rotatable bonds is 8. The Kier molecular flexibility index (Phi) is 7.65. The molecule has 1 N–H and O–H groups in total. The molecule has 0 saturated carbocycles. The molecule has 5 rings (SSSR count). The summed E-state index contributed by atoms with van der Waals surface area (Å²) in [7, 11) is 0. The first-order chi connectivity index (χ1) is 18.8. The fraction of sp³-hybridized carbons (Fsp3) is 0.167. The number of imidazole rings is 1. The van der Waals surface area contributed by atoms with Gasteiger partial charge >= 0.3 is 6.18 Å². The number of alkyl halides is 3. The van der Waals surface area contributed by atoms with Crippen molar-refractivity contribution < 1.29 is 18.0 Å². The van der Waals surface area contributed by atoms with Gasteiger partial charge in [-0.25, -0.2) is 4.98 Å². The Morgan fingerprint density at radius 1 is 0.897 bits per heavy atom. The molecule has 3 aromatic heterocycles. The van der Waals surface area contributed by atoms with Crippen LogP contribution in [0, 0.1) is 0 Å². The van der Waals surface area contributed by atoms with Crippen LogP contribution in [0.4, 0.5) is 13.2 Å². The number of halogens is 4. The van der Waals surface area contributed by atoms with E-state index in [2.05, 4.69) is 10.3 Å². The fourth-order valence-corrected chi connectivity index (χ4v) is 4.54. The van der Waals surface area contributed by atoms with Crippen LogP contribution in [-0.4, -0.2) is 26.8 Å². The van der Waals surface area contributed by atoms with Gasteiger partial charge < -0.3 is 9.72 Å². The average molecular weight is 549 g/mol. The Hall–Kier alpha value is -4.17. The predicted molar refractivity (Wildman–Crippen MR) is 145 cm³/mol. The first-order valence-corrected chi connectivity index (χ1v) is 12.8. The molecule has 1 amide bonds. The summed E-state index contributed by atoms with van der Waals surface area (Å²) in [4.78, 5) is 21.7. The van der Waals surface area contributed by atoms with Crippen LogP contribution < -0.4 is 5.32 Å². The minimum absolute atomic E-state index is 0.114. The van der Waals surface area contributed by atoms with Crippen LogP contribution in [0.25, 0.3) is 28.0 Å². The molecular formula is C30H24ClF3N4O. The SMILES string of the molecule is O=C(CCc1c(-c2ccc(Cl)cc2)nc2ccc(-c3cccc(C(F)(F)F)c3)cn12)NCCc1ccccn1. The molecule has 0 bridgehead atoms. The summed E-state index contributed by atoms with van der Waals surface area (Å²) in [5.74, 6) is -0.114. The monoisotopic (exact) mass is 548 g/mol. The smallest absolute Gasteiger partial charge is 0.356 e. The molecule has 5 nitrogen and oxygen atoms in total. The Balaban J connectivity index is 1.44. The van der Waals surface area contributed by atoms with Gasteiger partial charge in [0.15, 0.2) is 0 Å². The lowest BCUT2D eigenvalue weighted by atomic mass is 10.0. The molecule has 2 aromatic carbocycles. The van der Waals surface area contributed by atoms with E-state index in [9.17, 15) is 18.0 Å². The Morgan fingerprint density at radius 3 is 2.44 bits per heavy atom. The van der Waals surface area contributed by atoms with E-state index in [4.69, 9.17) is 16.6 Å². The Morgan fingerprint density at radius 2 is 1.69 bits per heavy atom. The number of aromatic nitrogens is 3. The molecule has 0 radical (unpaired) electrons. The van der Waals surface area contributed by atoms with Crippen molar-refractivity contribution >= 4 is 23.2 Å². The quantitative estimate of drug-likeness (QED) is 0.226. The van der Waals surface area contributed by atoms with E-state index >= 15 is 0 Å². The topological polar surface area (TPSA) is 59.3 Å². The summed E-state index contributed by atoms with van der Waals surface area (Å²) in [6.07, 6.45) is 0.259. The van der Waals surface area contributed by atoms with E-state index < -0.39 is 11.7 Å². The number of pyridine rings is 2. The zero-order valence-corrected chi connectivity index (χ0v) is 21.5. The van der Waals surface area contributed by atoms with Crippen LogP contribution in [0.1, 0.15) is 23.4 Å². The first-order valence-electron chi connectivity index (χ1n) is 12.4. The molecule has 0 aliphatic rings. The largest absolute Gasteiger partial charge is 0.416 e. The number of hydrogen-bond acceptors (Lipinski definition) is 3. The highest BCUT2D eigenvalue weighted by Gasteiger charge is 2.30. The van der Waals surface area contributed by atoms with Gasteiger partial charge in [-0.15, -0.1) is 0 Å². The van der Waals surface area contributed by atoms with Crippen molar-refractivity contribution in [1.29, 1.82) is 0 Å². The lowest BCUT2D eigenvalue weighted by Crippen LogP contribution is -2.26. The van der Waals surface area contributed by atoms with E-state index in [0.717, 1.165) is 29.1 Å². The maximum atomic E-state index is 13.3. The molecule has 0 atom stereocenters. The molecule has 0 spiro atoms. The molecule has 39 heavy (non-hydrogen) atoms. The van der Waals surface area contributed by atoms with Crippen LogP contribution in [-0.2, 0) is 23.8 Å². The average Bonchev–Trinajstić information content (AvgIpc) is 3.30. The summed E-state index contributed by atoms with van der Waals surface area (Å²) in [5.41, 5.74) is 4.15. The van der Waals surface area contributed by atoms with Crippen LogP contribution >= 0.6 is 11.6 Å². The zero-order chi connectivity index (χ0) is 27.4. The first kappa shape index (κ1) is 26.4. The summed E-state index contributed by atoms with van der Waals surface area (Å²) < 4.78 is 41.8. The van der Waals surface area contributed by atoms with Crippen molar-refractivity contribution in [2.75, 3.05) is 6.54 Å². The number of aryl methyl sites for hydroxylation is 1. The highest BCUT2D eigenvalue weighted by molar-refractivity contribution is 6.30. The van der Waals surface area contributed by atoms with Crippen molar-refractivity contribution in [3.63, 3.8) is 0 Å². The number of carbonyl (C=O) groups excluding carboxylic acids is 1. The van der Waals surface area contributed by atoms with E-state index in [1.165, 1.54) is 6.07 Å². The van der Waals surface area contributed by atoms with Crippen molar-refractivity contribution in [2.45, 2.75) is 25.4 Å². The number of nitrogens with zero attached hydrogens (tertiary/aromatic N) is 3. The number of benzene rings is 2. The maximum Gasteiger partial charge on any atom is 0.416 e. The minimum atomic E-state index is -4.44. The van der Waals surface area contributed by atoms with E-state index in [1.54, 1.807) is 42.7 Å². The third-order valence-electron chi connectivity index (χ3n) is 6.38. The zero-order valence-electron chi connectivity index (χ0n) is 20.8. The van der Waals surface area contributed by atoms with Gasteiger partial charge in [0, 0.05) is 48.1 Å². The molecule has 0 aliphatic heterocycles. The number of nitrogens with one attached hydrogen (secondary N) is 1. The van der Waals surface area contributed by atoms with Crippen molar-refractivity contribution in [2.24, 2.45) is 0 Å². The number of carbonyl (C=O) groups is 1. The van der Waals surface area contributed by atoms with Gasteiger partial charge in [0.25, 0.3) is 0 Å². The summed E-state index contributed by atoms with van der Waals surface area (Å²) >= 11 is 6.08. The third-order valence-corrected chi connectivity index (χ3v) is 6.63. The van der Waals surface area contributed by atoms with Crippen molar-refractivity contribution in [1.82, 2.24) is 19.7 Å². The molecule has 9 heteroatoms. The second-order valence-corrected chi connectivity index (χ2v) is 9.50. The molecule has 0 unspecified atom stereocenters. The molecular weight excluding hydrogens is 525 g/mol. The molecule has 0 aliphatic carbocycles. The van der Waals surface area contributed by atoms with Gasteiger partial charge in [-0.05, 0) is 66.1 Å². The minimum Gasteiger partial charge on any atom is -0.356 e. The van der Waals surface area contributed by atoms with Gasteiger partial charge in [0.05, 0.1) is 17.0 Å². The molecule has 0 fully saturated rings. The maximum absolute atomic E-state index is 13.3. The van der Waals surface area contributed by atoms with Gasteiger partial charge in [-0.2, -0.15) is 13.2 Å². The van der Waals surface area contributed by atoms with Gasteiger partial charge in [-0.3, -0.25) is 9.78 Å². The normalized spacial score (nSPS) is 11.6. The van der Waals surface area contributed by atoms with Crippen molar-refractivity contribution in [3.05, 3.63) is 113 Å². The standard InChI is InChI=1S/C30H24ClF3N4O/c31-24-10-7-20(8-11-24)29-26(12-14-28(39)36-17-15-25-6-1-2-16-35-25)38-19-22(9-13-27(38)37-29)21-4-3-5-23(18-21)30(32,33)34/h1-11,13,16,18-19H,12,14-15,17H2,(H,36,39). The predicted octanol–water partition coefficient (Wildman–Crippen LogP) is 7.03. The Labute approximate surface area is 228 Å². The summed E-state index contributed by atoms with van der Waals surface area (Å²) in [6.45, 7) is 0.465. The highest BCUT2D eigenvalue weighted by Crippen LogP contribution is 2.33. The summed E-state index contributed by atoms with van der Waals surface area (Å²) in [5, 5.41) is 3.52. The second-order valence-electron chi connectivity index (χ2n) is 9.06. The van der Waals surface area contributed by atoms with Crippen LogP contribution in [0.2, 0.25) is 5.02 Å². The molecule has 198 valence electrons. The third kappa shape index (κ3) is 6.29. The summed E-state index contributed by atoms with van der Waals surface area (Å²) in [6, 6.07) is 21.6. The number of fused-ring (bicyclic) bond motifs is 1. The van der Waals surface area contributed by atoms with E-state index in [1.807, 2.05) is 34.7 Å². The molecule has 5 aromatic rings. The van der Waals surface area contributed by atoms with Crippen LogP contribution in [0.15, 0.2) is 91.3 Å². The van der Waals surface area contributed by atoms with Gasteiger partial charge in [0.2, 0.25) is 5.91 Å². The van der Waals surface area contributed by atoms with Gasteiger partial charge in [0.1, 0.15) is 5.65 Å².